The number of rotatable bonds is 11. The minimum Gasteiger partial charge on any atom is -0.481 e. The van der Waals surface area contributed by atoms with Crippen molar-refractivity contribution < 1.29 is 33.0 Å². The first-order chi connectivity index (χ1) is 16.3. The van der Waals surface area contributed by atoms with Crippen LogP contribution in [0.5, 0.6) is 0 Å². The molecule has 0 spiro atoms. The number of carboxylic acids is 1. The number of nitrogens with one attached hydrogen (secondary N) is 2. The van der Waals surface area contributed by atoms with Crippen LogP contribution in [-0.4, -0.2) is 48.2 Å². The van der Waals surface area contributed by atoms with E-state index in [9.17, 15) is 23.2 Å². The van der Waals surface area contributed by atoms with Crippen LogP contribution in [0.1, 0.15) is 49.7 Å². The maximum Gasteiger partial charge on any atom is 0.407 e. The summed E-state index contributed by atoms with van der Waals surface area (Å²) >= 11 is 0. The Labute approximate surface area is 196 Å². The molecular weight excluding hydrogens is 446 g/mol. The van der Waals surface area contributed by atoms with Crippen molar-refractivity contribution in [3.63, 3.8) is 0 Å². The fourth-order valence-electron chi connectivity index (χ4n) is 4.26. The Morgan fingerprint density at radius 2 is 1.56 bits per heavy atom. The van der Waals surface area contributed by atoms with Gasteiger partial charge in [0, 0.05) is 18.4 Å². The van der Waals surface area contributed by atoms with Gasteiger partial charge in [0.2, 0.25) is 5.91 Å². The molecule has 182 valence electrons. The smallest absolute Gasteiger partial charge is 0.407 e. The van der Waals surface area contributed by atoms with E-state index < -0.39 is 42.9 Å². The number of alkyl halides is 2. The highest BCUT2D eigenvalue weighted by Crippen LogP contribution is 2.44. The third kappa shape index (κ3) is 6.30. The maximum atomic E-state index is 13.0. The van der Waals surface area contributed by atoms with Gasteiger partial charge in [-0.3, -0.25) is 9.59 Å². The van der Waals surface area contributed by atoms with Gasteiger partial charge in [-0.2, -0.15) is 0 Å². The molecule has 0 bridgehead atoms. The first-order valence-electron chi connectivity index (χ1n) is 11.2. The van der Waals surface area contributed by atoms with E-state index in [1.165, 1.54) is 0 Å². The molecule has 0 radical (unpaired) electrons. The van der Waals surface area contributed by atoms with Gasteiger partial charge in [-0.1, -0.05) is 61.9 Å². The van der Waals surface area contributed by atoms with Gasteiger partial charge in [0.1, 0.15) is 12.6 Å². The number of carbonyl (C=O) groups excluding carboxylic acids is 2. The van der Waals surface area contributed by atoms with Crippen LogP contribution in [-0.2, 0) is 14.3 Å². The normalized spacial score (nSPS) is 14.1. The lowest BCUT2D eigenvalue weighted by atomic mass is 9.98. The number of ether oxygens (including phenoxy) is 1. The van der Waals surface area contributed by atoms with E-state index in [1.54, 1.807) is 0 Å². The molecule has 0 aliphatic heterocycles. The summed E-state index contributed by atoms with van der Waals surface area (Å²) in [7, 11) is 0. The molecule has 7 nitrogen and oxygen atoms in total. The van der Waals surface area contributed by atoms with Crippen LogP contribution in [0.2, 0.25) is 0 Å². The number of amides is 2. The number of benzene rings is 2. The van der Waals surface area contributed by atoms with Crippen molar-refractivity contribution in [2.75, 3.05) is 6.61 Å². The fraction of sp³-hybridized carbons (Fsp3) is 0.400. The first kappa shape index (κ1) is 25.1. The molecule has 2 atom stereocenters. The topological polar surface area (TPSA) is 105 Å². The number of aliphatic carboxylic acids is 1. The highest BCUT2D eigenvalue weighted by atomic mass is 19.3. The highest BCUT2D eigenvalue weighted by Gasteiger charge is 2.30. The van der Waals surface area contributed by atoms with E-state index in [1.807, 2.05) is 60.8 Å². The van der Waals surface area contributed by atoms with Gasteiger partial charge < -0.3 is 20.5 Å². The largest absolute Gasteiger partial charge is 0.481 e. The minimum atomic E-state index is -3.01. The Bertz CT molecular complexity index is 984. The highest BCUT2D eigenvalue weighted by molar-refractivity contribution is 5.80. The summed E-state index contributed by atoms with van der Waals surface area (Å²) in [5.41, 5.74) is 4.33. The molecule has 3 N–H and O–H groups in total. The second kappa shape index (κ2) is 11.6. The third-order valence-corrected chi connectivity index (χ3v) is 5.78. The molecule has 34 heavy (non-hydrogen) atoms. The van der Waals surface area contributed by atoms with E-state index in [0.717, 1.165) is 22.3 Å². The summed E-state index contributed by atoms with van der Waals surface area (Å²) in [5, 5.41) is 13.4. The molecule has 3 rings (SSSR count). The Hall–Kier alpha value is -3.49. The molecule has 0 saturated heterocycles. The second-order valence-electron chi connectivity index (χ2n) is 8.27. The lowest BCUT2D eigenvalue weighted by Gasteiger charge is -2.21. The number of hydrogen-bond donors (Lipinski definition) is 3. The Morgan fingerprint density at radius 3 is 2.09 bits per heavy atom. The van der Waals surface area contributed by atoms with Crippen LogP contribution in [0, 0.1) is 0 Å². The second-order valence-corrected chi connectivity index (χ2v) is 8.27. The van der Waals surface area contributed by atoms with E-state index in [0.29, 0.717) is 12.8 Å². The third-order valence-electron chi connectivity index (χ3n) is 5.78. The van der Waals surface area contributed by atoms with Crippen molar-refractivity contribution in [2.24, 2.45) is 0 Å². The van der Waals surface area contributed by atoms with Crippen molar-refractivity contribution in [1.82, 2.24) is 10.6 Å². The minimum absolute atomic E-state index is 0.108. The molecule has 0 heterocycles. The van der Waals surface area contributed by atoms with E-state index in [4.69, 9.17) is 9.84 Å². The number of fused-ring (bicyclic) bond motifs is 3. The molecule has 1 aliphatic rings. The molecule has 9 heteroatoms. The van der Waals surface area contributed by atoms with Crippen LogP contribution < -0.4 is 10.6 Å². The average molecular weight is 475 g/mol. The van der Waals surface area contributed by atoms with Gasteiger partial charge in [-0.15, -0.1) is 0 Å². The summed E-state index contributed by atoms with van der Waals surface area (Å²) in [6.07, 6.45) is -3.81. The molecule has 0 fully saturated rings. The summed E-state index contributed by atoms with van der Waals surface area (Å²) < 4.78 is 31.5. The molecule has 0 saturated carbocycles. The summed E-state index contributed by atoms with van der Waals surface area (Å²) in [6.45, 7) is 1.97. The number of halogens is 2. The predicted octanol–water partition coefficient (Wildman–Crippen LogP) is 4.31. The summed E-state index contributed by atoms with van der Waals surface area (Å²) in [4.78, 5) is 35.5. The fourth-order valence-corrected chi connectivity index (χ4v) is 4.26. The number of carbonyl (C=O) groups is 3. The summed E-state index contributed by atoms with van der Waals surface area (Å²) in [6, 6.07) is 13.4. The zero-order valence-corrected chi connectivity index (χ0v) is 18.8. The lowest BCUT2D eigenvalue weighted by molar-refractivity contribution is -0.139. The van der Waals surface area contributed by atoms with Crippen molar-refractivity contribution >= 4 is 18.0 Å². The monoisotopic (exact) mass is 474 g/mol. The van der Waals surface area contributed by atoms with Crippen LogP contribution >= 0.6 is 0 Å². The van der Waals surface area contributed by atoms with Gasteiger partial charge in [-0.25, -0.2) is 13.6 Å². The van der Waals surface area contributed by atoms with Crippen molar-refractivity contribution in [3.8, 4) is 11.1 Å². The van der Waals surface area contributed by atoms with Crippen LogP contribution in [0.25, 0.3) is 11.1 Å². The molecular formula is C25H28F2N2O5. The maximum absolute atomic E-state index is 13.0. The standard InChI is InChI=1S/C25H28F2N2O5/c1-2-7-15(12-22(30)29-21(24(26)27)13-23(31)32)28-25(33)34-14-20-18-10-5-3-8-16(18)17-9-4-6-11-19(17)20/h3-6,8-11,15,20-21,24H,2,7,12-14H2,1H3,(H,28,33)(H,29,30)(H,31,32)/t15-,21?/m1/s1. The zero-order valence-electron chi connectivity index (χ0n) is 18.8. The Kier molecular flexibility index (Phi) is 8.56. The molecule has 1 unspecified atom stereocenters. The molecule has 2 aromatic carbocycles. The average Bonchev–Trinajstić information content (AvgIpc) is 3.11. The Morgan fingerprint density at radius 1 is 0.971 bits per heavy atom. The number of alkyl carbamates (subject to hydrolysis) is 1. The number of carboxylic acid groups (broad SMARTS) is 1. The van der Waals surface area contributed by atoms with Crippen LogP contribution in [0.3, 0.4) is 0 Å². The van der Waals surface area contributed by atoms with Gasteiger partial charge in [0.15, 0.2) is 0 Å². The zero-order chi connectivity index (χ0) is 24.7. The van der Waals surface area contributed by atoms with Gasteiger partial charge in [-0.05, 0) is 28.7 Å². The lowest BCUT2D eigenvalue weighted by Crippen LogP contribution is -2.45. The first-order valence-corrected chi connectivity index (χ1v) is 11.2. The van der Waals surface area contributed by atoms with E-state index in [2.05, 4.69) is 5.32 Å². The van der Waals surface area contributed by atoms with Crippen molar-refractivity contribution in [2.45, 2.75) is 57.0 Å². The summed E-state index contributed by atoms with van der Waals surface area (Å²) in [5.74, 6) is -2.31. The van der Waals surface area contributed by atoms with Crippen molar-refractivity contribution in [3.05, 3.63) is 59.7 Å². The van der Waals surface area contributed by atoms with Gasteiger partial charge in [0.05, 0.1) is 6.42 Å². The molecule has 2 aromatic rings. The predicted molar refractivity (Wildman–Crippen MR) is 122 cm³/mol. The molecule has 1 aliphatic carbocycles. The quantitative estimate of drug-likeness (QED) is 0.450. The number of hydrogen-bond acceptors (Lipinski definition) is 4. The SMILES string of the molecule is CCC[C@H](CC(=O)NC(CC(=O)O)C(F)F)NC(=O)OCC1c2ccccc2-c2ccccc21. The van der Waals surface area contributed by atoms with E-state index in [-0.39, 0.29) is 18.9 Å². The van der Waals surface area contributed by atoms with Crippen molar-refractivity contribution in [1.29, 1.82) is 0 Å². The van der Waals surface area contributed by atoms with Crippen LogP contribution in [0.15, 0.2) is 48.5 Å². The van der Waals surface area contributed by atoms with Crippen LogP contribution in [0.4, 0.5) is 13.6 Å². The van der Waals surface area contributed by atoms with E-state index >= 15 is 0 Å². The molecule has 0 aromatic heterocycles. The Balaban J connectivity index is 1.58. The van der Waals surface area contributed by atoms with Gasteiger partial charge in [0.25, 0.3) is 6.43 Å². The van der Waals surface area contributed by atoms with Gasteiger partial charge >= 0.3 is 12.1 Å². The molecule has 2 amide bonds.